The van der Waals surface area contributed by atoms with E-state index in [2.05, 4.69) is 35.8 Å². The summed E-state index contributed by atoms with van der Waals surface area (Å²) in [6, 6.07) is 4.66. The molecule has 4 rings (SSSR count). The van der Waals surface area contributed by atoms with Crippen molar-refractivity contribution in [2.24, 2.45) is 0 Å². The van der Waals surface area contributed by atoms with Gasteiger partial charge in [-0.25, -0.2) is 13.6 Å². The Morgan fingerprint density at radius 2 is 1.86 bits per heavy atom. The molecule has 0 aliphatic carbocycles. The molecule has 1 aliphatic heterocycles. The van der Waals surface area contributed by atoms with Gasteiger partial charge in [0.25, 0.3) is 0 Å². The minimum atomic E-state index is -0.679. The molecular formula is C24H31F2N9O2. The first-order valence-electron chi connectivity index (χ1n) is 12.0. The van der Waals surface area contributed by atoms with Crippen LogP contribution in [0.3, 0.4) is 0 Å². The van der Waals surface area contributed by atoms with Crippen LogP contribution in [0.15, 0.2) is 24.3 Å². The Labute approximate surface area is 213 Å². The number of anilines is 4. The predicted molar refractivity (Wildman–Crippen MR) is 134 cm³/mol. The number of hydrogen-bond acceptors (Lipinski definition) is 9. The third kappa shape index (κ3) is 6.80. The molecule has 1 saturated heterocycles. The average Bonchev–Trinajstić information content (AvgIpc) is 3.26. The summed E-state index contributed by atoms with van der Waals surface area (Å²) in [5.74, 6) is -0.418. The van der Waals surface area contributed by atoms with Crippen molar-refractivity contribution in [2.75, 3.05) is 29.5 Å². The van der Waals surface area contributed by atoms with Crippen molar-refractivity contribution in [3.8, 4) is 0 Å². The van der Waals surface area contributed by atoms with Gasteiger partial charge in [-0.05, 0) is 46.6 Å². The molecule has 1 fully saturated rings. The Bertz CT molecular complexity index is 1250. The summed E-state index contributed by atoms with van der Waals surface area (Å²) in [7, 11) is 0. The van der Waals surface area contributed by atoms with E-state index in [0.29, 0.717) is 18.9 Å². The number of carbonyl (C=O) groups is 1. The first-order chi connectivity index (χ1) is 17.5. The van der Waals surface area contributed by atoms with E-state index in [-0.39, 0.29) is 35.4 Å². The number of nitrogen functional groups attached to an aromatic ring is 1. The molecule has 0 radical (unpaired) electrons. The van der Waals surface area contributed by atoms with Gasteiger partial charge in [-0.2, -0.15) is 20.1 Å². The molecular weight excluding hydrogens is 484 g/mol. The van der Waals surface area contributed by atoms with Crippen molar-refractivity contribution in [3.05, 3.63) is 47.2 Å². The quantitative estimate of drug-likeness (QED) is 0.373. The highest BCUT2D eigenvalue weighted by Gasteiger charge is 2.28. The Morgan fingerprint density at radius 1 is 1.16 bits per heavy atom. The second kappa shape index (κ2) is 10.5. The zero-order chi connectivity index (χ0) is 26.7. The van der Waals surface area contributed by atoms with Crippen LogP contribution in [0, 0.1) is 11.6 Å². The van der Waals surface area contributed by atoms with Crippen LogP contribution in [0.5, 0.6) is 0 Å². The Morgan fingerprint density at radius 3 is 2.54 bits per heavy atom. The van der Waals surface area contributed by atoms with Gasteiger partial charge in [-0.15, -0.1) is 0 Å². The molecule has 11 nitrogen and oxygen atoms in total. The number of nitrogens with two attached hydrogens (primary N) is 1. The Kier molecular flexibility index (Phi) is 7.41. The zero-order valence-electron chi connectivity index (χ0n) is 21.2. The highest BCUT2D eigenvalue weighted by Crippen LogP contribution is 2.29. The number of hydrogen-bond donors (Lipinski definition) is 4. The lowest BCUT2D eigenvalue weighted by Crippen LogP contribution is -2.41. The molecule has 13 heteroatoms. The van der Waals surface area contributed by atoms with Gasteiger partial charge in [-0.3, -0.25) is 5.10 Å². The van der Waals surface area contributed by atoms with Crippen LogP contribution in [0.2, 0.25) is 0 Å². The molecule has 1 atom stereocenters. The number of ether oxygens (including phenoxy) is 1. The maximum atomic E-state index is 14.1. The maximum absolute atomic E-state index is 14.1. The number of amides is 1. The molecule has 1 amide bonds. The molecule has 1 unspecified atom stereocenters. The maximum Gasteiger partial charge on any atom is 0.410 e. The van der Waals surface area contributed by atoms with Crippen LogP contribution >= 0.6 is 0 Å². The number of piperidine rings is 1. The van der Waals surface area contributed by atoms with E-state index in [1.165, 1.54) is 12.1 Å². The third-order valence-corrected chi connectivity index (χ3v) is 5.85. The van der Waals surface area contributed by atoms with Gasteiger partial charge < -0.3 is 26.0 Å². The SMILES string of the molecule is CC(Nc1nc(N)nc(Nc2cc(C3CCN(C(=O)OC(C)(C)C)CC3)[nH]n2)n1)c1ccc(F)cc1F. The predicted octanol–water partition coefficient (Wildman–Crippen LogP) is 4.49. The fraction of sp³-hybridized carbons (Fsp3) is 0.458. The monoisotopic (exact) mass is 515 g/mol. The largest absolute Gasteiger partial charge is 0.444 e. The number of rotatable bonds is 6. The number of carbonyl (C=O) groups excluding carboxylic acids is 1. The van der Waals surface area contributed by atoms with Gasteiger partial charge in [0, 0.05) is 42.4 Å². The van der Waals surface area contributed by atoms with Crippen molar-refractivity contribution in [1.82, 2.24) is 30.0 Å². The molecule has 2 aromatic heterocycles. The second-order valence-corrected chi connectivity index (χ2v) is 9.95. The summed E-state index contributed by atoms with van der Waals surface area (Å²) in [5.41, 5.74) is 6.49. The number of likely N-dealkylation sites (tertiary alicyclic amines) is 1. The summed E-state index contributed by atoms with van der Waals surface area (Å²) in [6.07, 6.45) is 1.24. The lowest BCUT2D eigenvalue weighted by Gasteiger charge is -2.33. The van der Waals surface area contributed by atoms with E-state index >= 15 is 0 Å². The molecule has 0 bridgehead atoms. The first kappa shape index (κ1) is 26.0. The number of H-pyrrole nitrogens is 1. The molecule has 0 saturated carbocycles. The molecule has 1 aliphatic rings. The van der Waals surface area contributed by atoms with Crippen molar-refractivity contribution in [2.45, 2.75) is 58.1 Å². The van der Waals surface area contributed by atoms with Gasteiger partial charge in [0.1, 0.15) is 17.2 Å². The van der Waals surface area contributed by atoms with Gasteiger partial charge in [-0.1, -0.05) is 6.07 Å². The van der Waals surface area contributed by atoms with Crippen molar-refractivity contribution >= 4 is 29.8 Å². The number of aromatic amines is 1. The van der Waals surface area contributed by atoms with Crippen LogP contribution in [0.25, 0.3) is 0 Å². The molecule has 5 N–H and O–H groups in total. The average molecular weight is 516 g/mol. The summed E-state index contributed by atoms with van der Waals surface area (Å²) in [5, 5.41) is 13.3. The molecule has 198 valence electrons. The third-order valence-electron chi connectivity index (χ3n) is 5.85. The van der Waals surface area contributed by atoms with Gasteiger partial charge in [0.2, 0.25) is 17.8 Å². The lowest BCUT2D eigenvalue weighted by atomic mass is 9.94. The van der Waals surface area contributed by atoms with Crippen LogP contribution in [-0.4, -0.2) is 54.8 Å². The minimum Gasteiger partial charge on any atom is -0.444 e. The van der Waals surface area contributed by atoms with Crippen molar-refractivity contribution < 1.29 is 18.3 Å². The Balaban J connectivity index is 1.37. The van der Waals surface area contributed by atoms with Gasteiger partial charge >= 0.3 is 6.09 Å². The van der Waals surface area contributed by atoms with E-state index in [4.69, 9.17) is 10.5 Å². The highest BCUT2D eigenvalue weighted by atomic mass is 19.1. The smallest absolute Gasteiger partial charge is 0.410 e. The zero-order valence-corrected chi connectivity index (χ0v) is 21.2. The molecule has 3 aromatic rings. The van der Waals surface area contributed by atoms with E-state index in [1.54, 1.807) is 11.8 Å². The van der Waals surface area contributed by atoms with Crippen molar-refractivity contribution in [3.63, 3.8) is 0 Å². The number of halogens is 2. The first-order valence-corrected chi connectivity index (χ1v) is 12.0. The van der Waals surface area contributed by atoms with E-state index < -0.39 is 23.3 Å². The summed E-state index contributed by atoms with van der Waals surface area (Å²) < 4.78 is 32.8. The molecule has 0 spiro atoms. The van der Waals surface area contributed by atoms with E-state index in [9.17, 15) is 13.6 Å². The molecule has 37 heavy (non-hydrogen) atoms. The number of nitrogens with zero attached hydrogens (tertiary/aromatic N) is 5. The second-order valence-electron chi connectivity index (χ2n) is 9.95. The number of aromatic nitrogens is 5. The summed E-state index contributed by atoms with van der Waals surface area (Å²) in [4.78, 5) is 26.4. The fourth-order valence-electron chi connectivity index (χ4n) is 4.06. The van der Waals surface area contributed by atoms with Crippen LogP contribution in [0.4, 0.5) is 37.2 Å². The van der Waals surface area contributed by atoms with Gasteiger partial charge in [0.15, 0.2) is 5.82 Å². The molecule has 3 heterocycles. The van der Waals surface area contributed by atoms with Crippen molar-refractivity contribution in [1.29, 1.82) is 0 Å². The highest BCUT2D eigenvalue weighted by molar-refractivity contribution is 5.68. The minimum absolute atomic E-state index is 0.0444. The van der Waals surface area contributed by atoms with Crippen LogP contribution in [-0.2, 0) is 4.74 Å². The summed E-state index contributed by atoms with van der Waals surface area (Å²) in [6.45, 7) is 8.42. The van der Waals surface area contributed by atoms with Crippen LogP contribution in [0.1, 0.15) is 63.8 Å². The lowest BCUT2D eigenvalue weighted by molar-refractivity contribution is 0.0204. The van der Waals surface area contributed by atoms with E-state index in [1.807, 2.05) is 26.8 Å². The van der Waals surface area contributed by atoms with Crippen LogP contribution < -0.4 is 16.4 Å². The standard InChI is InChI=1S/C24H31F2N9O2/c1-13(16-6-5-15(25)11-17(16)26)28-21-30-20(27)31-22(32-21)29-19-12-18(33-34-19)14-7-9-35(10-8-14)23(36)37-24(2,3)4/h5-6,11-14H,7-10H2,1-4H3,(H5,27,28,29,30,31,32,33,34). The topological polar surface area (TPSA) is 147 Å². The fourth-order valence-corrected chi connectivity index (χ4v) is 4.06. The van der Waals surface area contributed by atoms with Gasteiger partial charge in [0.05, 0.1) is 6.04 Å². The summed E-state index contributed by atoms with van der Waals surface area (Å²) >= 11 is 0. The number of nitrogens with one attached hydrogen (secondary N) is 3. The molecule has 1 aromatic carbocycles. The Hall–Kier alpha value is -4.03. The van der Waals surface area contributed by atoms with E-state index in [0.717, 1.165) is 24.6 Å². The normalized spacial score (nSPS) is 15.4. The number of benzene rings is 1.